The van der Waals surface area contributed by atoms with Crippen molar-refractivity contribution in [2.24, 2.45) is 0 Å². The van der Waals surface area contributed by atoms with Gasteiger partial charge in [0.15, 0.2) is 11.5 Å². The van der Waals surface area contributed by atoms with Crippen LogP contribution >= 0.6 is 0 Å². The number of methoxy groups -OCH3 is 2. The molecule has 7 nitrogen and oxygen atoms in total. The number of carbonyl (C=O) groups is 1. The molecule has 0 aliphatic rings. The molecule has 0 unspecified atom stereocenters. The van der Waals surface area contributed by atoms with E-state index < -0.39 is 0 Å². The lowest BCUT2D eigenvalue weighted by Crippen LogP contribution is -2.19. The zero-order chi connectivity index (χ0) is 21.8. The van der Waals surface area contributed by atoms with Crippen molar-refractivity contribution in [3.8, 4) is 17.2 Å². The number of nitrogens with zero attached hydrogens (tertiary/aromatic N) is 1. The van der Waals surface area contributed by atoms with Gasteiger partial charge in [0.1, 0.15) is 5.82 Å². The summed E-state index contributed by atoms with van der Waals surface area (Å²) in [6.45, 7) is 3.63. The average Bonchev–Trinajstić information content (AvgIpc) is 3.01. The fourth-order valence-corrected chi connectivity index (χ4v) is 3.21. The van der Waals surface area contributed by atoms with E-state index in [1.165, 1.54) is 36.1 Å². The number of hydrogen-bond donors (Lipinski definition) is 2. The minimum Gasteiger partial charge on any atom is -0.493 e. The molecule has 30 heavy (non-hydrogen) atoms. The van der Waals surface area contributed by atoms with Crippen LogP contribution in [0.25, 0.3) is 5.69 Å². The van der Waals surface area contributed by atoms with Gasteiger partial charge in [-0.25, -0.2) is 9.07 Å². The highest BCUT2D eigenvalue weighted by molar-refractivity contribution is 5.92. The standard InChI is InChI=1S/C22H24FN3O4/c1-13-11-19(29-3)20(30-4)12-18(13)24-21(27)10-9-17-14(2)25-26(22(17)28)16-7-5-15(23)6-8-16/h5-8,11-12,25H,9-10H2,1-4H3,(H,24,27). The van der Waals surface area contributed by atoms with Gasteiger partial charge in [-0.1, -0.05) is 0 Å². The van der Waals surface area contributed by atoms with E-state index in [0.29, 0.717) is 34.1 Å². The van der Waals surface area contributed by atoms with Gasteiger partial charge in [-0.15, -0.1) is 0 Å². The van der Waals surface area contributed by atoms with E-state index in [2.05, 4.69) is 10.4 Å². The second-order valence-corrected chi connectivity index (χ2v) is 6.90. The summed E-state index contributed by atoms with van der Waals surface area (Å²) in [7, 11) is 3.08. The van der Waals surface area contributed by atoms with Crippen molar-refractivity contribution in [3.63, 3.8) is 0 Å². The lowest BCUT2D eigenvalue weighted by atomic mass is 10.1. The zero-order valence-corrected chi connectivity index (χ0v) is 17.3. The van der Waals surface area contributed by atoms with E-state index in [1.807, 2.05) is 6.92 Å². The third-order valence-electron chi connectivity index (χ3n) is 4.88. The molecule has 0 aliphatic heterocycles. The van der Waals surface area contributed by atoms with Gasteiger partial charge in [0.25, 0.3) is 5.56 Å². The van der Waals surface area contributed by atoms with Crippen LogP contribution in [0.1, 0.15) is 23.2 Å². The summed E-state index contributed by atoms with van der Waals surface area (Å²) in [5.41, 5.74) is 2.90. The van der Waals surface area contributed by atoms with Crippen LogP contribution < -0.4 is 20.3 Å². The van der Waals surface area contributed by atoms with Crippen LogP contribution in [0.4, 0.5) is 10.1 Å². The number of H-pyrrole nitrogens is 1. The summed E-state index contributed by atoms with van der Waals surface area (Å²) >= 11 is 0. The maximum atomic E-state index is 13.1. The first kappa shape index (κ1) is 21.2. The lowest BCUT2D eigenvalue weighted by molar-refractivity contribution is -0.116. The summed E-state index contributed by atoms with van der Waals surface area (Å²) in [5, 5.41) is 5.83. The first-order valence-corrected chi connectivity index (χ1v) is 9.43. The molecule has 2 N–H and O–H groups in total. The summed E-state index contributed by atoms with van der Waals surface area (Å²) in [6.07, 6.45) is 0.401. The fraction of sp³-hybridized carbons (Fsp3) is 0.273. The maximum absolute atomic E-state index is 13.1. The molecule has 3 rings (SSSR count). The van der Waals surface area contributed by atoms with Crippen molar-refractivity contribution >= 4 is 11.6 Å². The summed E-state index contributed by atoms with van der Waals surface area (Å²) in [5.74, 6) is 0.496. The Morgan fingerprint density at radius 2 is 1.73 bits per heavy atom. The van der Waals surface area contributed by atoms with Crippen LogP contribution in [0, 0.1) is 19.7 Å². The van der Waals surface area contributed by atoms with Crippen molar-refractivity contribution in [3.05, 3.63) is 69.4 Å². The smallest absolute Gasteiger partial charge is 0.274 e. The lowest BCUT2D eigenvalue weighted by Gasteiger charge is -2.13. The van der Waals surface area contributed by atoms with Crippen LogP contribution in [0.3, 0.4) is 0 Å². The third kappa shape index (κ3) is 4.37. The molecule has 1 amide bonds. The number of anilines is 1. The molecule has 0 aliphatic carbocycles. The van der Waals surface area contributed by atoms with E-state index in [9.17, 15) is 14.0 Å². The van der Waals surface area contributed by atoms with E-state index in [4.69, 9.17) is 9.47 Å². The Morgan fingerprint density at radius 1 is 1.10 bits per heavy atom. The molecule has 1 aromatic heterocycles. The largest absolute Gasteiger partial charge is 0.493 e. The predicted octanol–water partition coefficient (Wildman–Crippen LogP) is 3.51. The Bertz CT molecular complexity index is 1120. The number of ether oxygens (including phenoxy) is 2. The van der Waals surface area contributed by atoms with E-state index in [0.717, 1.165) is 5.56 Å². The van der Waals surface area contributed by atoms with Gasteiger partial charge in [0, 0.05) is 29.4 Å². The van der Waals surface area contributed by atoms with E-state index in [1.54, 1.807) is 26.2 Å². The van der Waals surface area contributed by atoms with Crippen LogP contribution in [0.15, 0.2) is 41.2 Å². The van der Waals surface area contributed by atoms with Crippen molar-refractivity contribution in [2.45, 2.75) is 26.7 Å². The van der Waals surface area contributed by atoms with Gasteiger partial charge >= 0.3 is 0 Å². The van der Waals surface area contributed by atoms with Gasteiger partial charge in [-0.05, 0) is 56.2 Å². The number of aromatic nitrogens is 2. The summed E-state index contributed by atoms with van der Waals surface area (Å²) in [6, 6.07) is 9.10. The number of carbonyl (C=O) groups excluding carboxylic acids is 1. The molecule has 0 radical (unpaired) electrons. The first-order chi connectivity index (χ1) is 14.3. The molecule has 1 heterocycles. The molecular formula is C22H24FN3O4. The van der Waals surface area contributed by atoms with Gasteiger partial charge in [0.2, 0.25) is 5.91 Å². The Kier molecular flexibility index (Phi) is 6.25. The Balaban J connectivity index is 1.73. The summed E-state index contributed by atoms with van der Waals surface area (Å²) in [4.78, 5) is 25.2. The van der Waals surface area contributed by atoms with E-state index >= 15 is 0 Å². The first-order valence-electron chi connectivity index (χ1n) is 9.43. The topological polar surface area (TPSA) is 85.4 Å². The molecule has 0 spiro atoms. The number of hydrogen-bond acceptors (Lipinski definition) is 4. The van der Waals surface area contributed by atoms with Crippen LogP contribution in [-0.2, 0) is 11.2 Å². The zero-order valence-electron chi connectivity index (χ0n) is 17.3. The van der Waals surface area contributed by atoms with E-state index in [-0.39, 0.29) is 30.1 Å². The minimum atomic E-state index is -0.377. The average molecular weight is 413 g/mol. The van der Waals surface area contributed by atoms with Crippen LogP contribution in [-0.4, -0.2) is 29.9 Å². The summed E-state index contributed by atoms with van der Waals surface area (Å²) < 4.78 is 25.0. The highest BCUT2D eigenvalue weighted by atomic mass is 19.1. The quantitative estimate of drug-likeness (QED) is 0.621. The molecule has 0 saturated carbocycles. The minimum absolute atomic E-state index is 0.130. The number of aromatic amines is 1. The SMILES string of the molecule is COc1cc(C)c(NC(=O)CCc2c(C)[nH]n(-c3ccc(F)cc3)c2=O)cc1OC. The Hall–Kier alpha value is -3.55. The fourth-order valence-electron chi connectivity index (χ4n) is 3.21. The second-order valence-electron chi connectivity index (χ2n) is 6.90. The molecule has 158 valence electrons. The maximum Gasteiger partial charge on any atom is 0.274 e. The van der Waals surface area contributed by atoms with Gasteiger partial charge < -0.3 is 14.8 Å². The number of halogens is 1. The van der Waals surface area contributed by atoms with Crippen LogP contribution in [0.2, 0.25) is 0 Å². The molecule has 0 bridgehead atoms. The van der Waals surface area contributed by atoms with Crippen molar-refractivity contribution in [1.29, 1.82) is 0 Å². The highest BCUT2D eigenvalue weighted by Gasteiger charge is 2.15. The molecule has 0 fully saturated rings. The number of nitrogens with one attached hydrogen (secondary N) is 2. The molecule has 2 aromatic carbocycles. The Labute approximate surface area is 173 Å². The van der Waals surface area contributed by atoms with Crippen molar-refractivity contribution in [2.75, 3.05) is 19.5 Å². The van der Waals surface area contributed by atoms with Gasteiger partial charge in [-0.3, -0.25) is 14.7 Å². The normalized spacial score (nSPS) is 10.7. The second kappa shape index (κ2) is 8.86. The molecule has 8 heteroatoms. The highest BCUT2D eigenvalue weighted by Crippen LogP contribution is 2.32. The van der Waals surface area contributed by atoms with Crippen LogP contribution in [0.5, 0.6) is 11.5 Å². The number of aryl methyl sites for hydroxylation is 2. The molecule has 0 saturated heterocycles. The van der Waals surface area contributed by atoms with Crippen molar-refractivity contribution < 1.29 is 18.7 Å². The van der Waals surface area contributed by atoms with Crippen molar-refractivity contribution in [1.82, 2.24) is 9.78 Å². The number of amides is 1. The van der Waals surface area contributed by atoms with Gasteiger partial charge in [0.05, 0.1) is 19.9 Å². The molecule has 3 aromatic rings. The number of rotatable bonds is 7. The number of benzene rings is 2. The molecular weight excluding hydrogens is 389 g/mol. The monoisotopic (exact) mass is 413 g/mol. The van der Waals surface area contributed by atoms with Gasteiger partial charge in [-0.2, -0.15) is 0 Å². The Morgan fingerprint density at radius 3 is 2.37 bits per heavy atom. The molecule has 0 atom stereocenters. The third-order valence-corrected chi connectivity index (χ3v) is 4.88. The predicted molar refractivity (Wildman–Crippen MR) is 112 cm³/mol.